The number of hydrogen-bond donors (Lipinski definition) is 2. The molecule has 1 amide bonds. The Morgan fingerprint density at radius 2 is 2.10 bits per heavy atom. The SMILES string of the molecule is Cc1ccc(Cl)cc1NC(=O)CNCCOCCC(C)C. The molecule has 0 atom stereocenters. The highest BCUT2D eigenvalue weighted by Gasteiger charge is 2.05. The topological polar surface area (TPSA) is 50.4 Å². The van der Waals surface area contributed by atoms with Crippen LogP contribution < -0.4 is 10.6 Å². The molecule has 0 saturated heterocycles. The minimum Gasteiger partial charge on any atom is -0.380 e. The number of carbonyl (C=O) groups is 1. The minimum atomic E-state index is -0.0810. The number of anilines is 1. The summed E-state index contributed by atoms with van der Waals surface area (Å²) in [5.41, 5.74) is 1.74. The molecular weight excluding hydrogens is 288 g/mol. The molecule has 0 radical (unpaired) electrons. The van der Waals surface area contributed by atoms with Gasteiger partial charge in [-0.3, -0.25) is 4.79 Å². The highest BCUT2D eigenvalue weighted by atomic mass is 35.5. The largest absolute Gasteiger partial charge is 0.380 e. The fourth-order valence-corrected chi connectivity index (χ4v) is 1.86. The number of carbonyl (C=O) groups excluding carboxylic acids is 1. The third kappa shape index (κ3) is 8.05. The van der Waals surface area contributed by atoms with Gasteiger partial charge in [-0.15, -0.1) is 0 Å². The van der Waals surface area contributed by atoms with Gasteiger partial charge in [0.05, 0.1) is 13.2 Å². The van der Waals surface area contributed by atoms with Crippen LogP contribution in [-0.2, 0) is 9.53 Å². The van der Waals surface area contributed by atoms with Crippen LogP contribution in [0.25, 0.3) is 0 Å². The number of benzene rings is 1. The summed E-state index contributed by atoms with van der Waals surface area (Å²) < 4.78 is 5.47. The van der Waals surface area contributed by atoms with Gasteiger partial charge in [-0.2, -0.15) is 0 Å². The zero-order valence-corrected chi connectivity index (χ0v) is 13.8. The predicted octanol–water partition coefficient (Wildman–Crippen LogP) is 3.24. The van der Waals surface area contributed by atoms with E-state index in [2.05, 4.69) is 24.5 Å². The molecule has 5 heteroatoms. The lowest BCUT2D eigenvalue weighted by molar-refractivity contribution is -0.115. The van der Waals surface area contributed by atoms with Gasteiger partial charge in [0.1, 0.15) is 0 Å². The van der Waals surface area contributed by atoms with Crippen LogP contribution >= 0.6 is 11.6 Å². The van der Waals surface area contributed by atoms with Crippen molar-refractivity contribution in [3.8, 4) is 0 Å². The Hall–Kier alpha value is -1.10. The van der Waals surface area contributed by atoms with E-state index < -0.39 is 0 Å². The van der Waals surface area contributed by atoms with Crippen LogP contribution in [0.3, 0.4) is 0 Å². The fourth-order valence-electron chi connectivity index (χ4n) is 1.69. The van der Waals surface area contributed by atoms with E-state index in [1.54, 1.807) is 12.1 Å². The van der Waals surface area contributed by atoms with E-state index in [4.69, 9.17) is 16.3 Å². The van der Waals surface area contributed by atoms with Crippen molar-refractivity contribution in [2.24, 2.45) is 5.92 Å². The molecule has 1 rings (SSSR count). The number of hydrogen-bond acceptors (Lipinski definition) is 3. The molecule has 0 aromatic heterocycles. The van der Waals surface area contributed by atoms with E-state index in [-0.39, 0.29) is 12.5 Å². The monoisotopic (exact) mass is 312 g/mol. The van der Waals surface area contributed by atoms with Crippen LogP contribution in [-0.4, -0.2) is 32.2 Å². The molecule has 1 aromatic rings. The van der Waals surface area contributed by atoms with Crippen molar-refractivity contribution in [3.05, 3.63) is 28.8 Å². The Labute approximate surface area is 132 Å². The number of ether oxygens (including phenoxy) is 1. The molecule has 0 aliphatic carbocycles. The van der Waals surface area contributed by atoms with Crippen LogP contribution in [0.1, 0.15) is 25.8 Å². The van der Waals surface area contributed by atoms with Crippen molar-refractivity contribution < 1.29 is 9.53 Å². The summed E-state index contributed by atoms with van der Waals surface area (Å²) in [6.45, 7) is 8.60. The first-order valence-corrected chi connectivity index (χ1v) is 7.71. The van der Waals surface area contributed by atoms with Gasteiger partial charge in [-0.05, 0) is 37.0 Å². The molecule has 4 nitrogen and oxygen atoms in total. The van der Waals surface area contributed by atoms with Crippen molar-refractivity contribution in [1.29, 1.82) is 0 Å². The van der Waals surface area contributed by atoms with Gasteiger partial charge in [0, 0.05) is 23.9 Å². The molecule has 0 bridgehead atoms. The maximum atomic E-state index is 11.8. The predicted molar refractivity (Wildman–Crippen MR) is 88.0 cm³/mol. The van der Waals surface area contributed by atoms with E-state index in [9.17, 15) is 4.79 Å². The molecule has 118 valence electrons. The lowest BCUT2D eigenvalue weighted by Crippen LogP contribution is -2.30. The molecule has 0 saturated carbocycles. The molecule has 0 spiro atoms. The number of halogens is 1. The zero-order valence-electron chi connectivity index (χ0n) is 13.0. The molecule has 1 aromatic carbocycles. The first-order valence-electron chi connectivity index (χ1n) is 7.33. The van der Waals surface area contributed by atoms with Gasteiger partial charge in [0.25, 0.3) is 0 Å². The molecule has 0 heterocycles. The number of amides is 1. The lowest BCUT2D eigenvalue weighted by Gasteiger charge is -2.10. The van der Waals surface area contributed by atoms with Crippen LogP contribution in [0.15, 0.2) is 18.2 Å². The van der Waals surface area contributed by atoms with Crippen molar-refractivity contribution in [3.63, 3.8) is 0 Å². The van der Waals surface area contributed by atoms with Gasteiger partial charge in [0.2, 0.25) is 5.91 Å². The quantitative estimate of drug-likeness (QED) is 0.688. The molecule has 0 aliphatic rings. The Bertz CT molecular complexity index is 450. The standard InChI is InChI=1S/C16H25ClN2O2/c1-12(2)6-8-21-9-7-18-11-16(20)19-15-10-14(17)5-4-13(15)3/h4-5,10,12,18H,6-9,11H2,1-3H3,(H,19,20). The number of rotatable bonds is 9. The molecular formula is C16H25ClN2O2. The Balaban J connectivity index is 2.15. The highest BCUT2D eigenvalue weighted by molar-refractivity contribution is 6.31. The average molecular weight is 313 g/mol. The number of aryl methyl sites for hydroxylation is 1. The molecule has 0 unspecified atom stereocenters. The maximum Gasteiger partial charge on any atom is 0.238 e. The van der Waals surface area contributed by atoms with E-state index >= 15 is 0 Å². The van der Waals surface area contributed by atoms with Crippen LogP contribution in [0.2, 0.25) is 5.02 Å². The summed E-state index contributed by atoms with van der Waals surface area (Å²) in [7, 11) is 0. The third-order valence-electron chi connectivity index (χ3n) is 3.02. The summed E-state index contributed by atoms with van der Waals surface area (Å²) in [4.78, 5) is 11.8. The van der Waals surface area contributed by atoms with E-state index in [0.29, 0.717) is 24.1 Å². The summed E-state index contributed by atoms with van der Waals surface area (Å²) >= 11 is 5.91. The Morgan fingerprint density at radius 1 is 1.33 bits per heavy atom. The Kier molecular flexibility index (Phi) is 8.35. The van der Waals surface area contributed by atoms with Gasteiger partial charge in [-0.25, -0.2) is 0 Å². The van der Waals surface area contributed by atoms with Gasteiger partial charge in [0.15, 0.2) is 0 Å². The Morgan fingerprint density at radius 3 is 2.81 bits per heavy atom. The van der Waals surface area contributed by atoms with Gasteiger partial charge < -0.3 is 15.4 Å². The zero-order chi connectivity index (χ0) is 15.7. The second-order valence-electron chi connectivity index (χ2n) is 5.48. The molecule has 2 N–H and O–H groups in total. The van der Waals surface area contributed by atoms with E-state index in [1.807, 2.05) is 13.0 Å². The maximum absolute atomic E-state index is 11.8. The average Bonchev–Trinajstić information content (AvgIpc) is 2.41. The minimum absolute atomic E-state index is 0.0810. The molecule has 0 aliphatic heterocycles. The summed E-state index contributed by atoms with van der Waals surface area (Å²) in [5, 5.41) is 6.51. The summed E-state index contributed by atoms with van der Waals surface area (Å²) in [5.74, 6) is 0.576. The first-order chi connectivity index (χ1) is 9.99. The van der Waals surface area contributed by atoms with Gasteiger partial charge in [-0.1, -0.05) is 31.5 Å². The van der Waals surface area contributed by atoms with Crippen LogP contribution in [0.5, 0.6) is 0 Å². The lowest BCUT2D eigenvalue weighted by atomic mass is 10.1. The second kappa shape index (κ2) is 9.77. The molecule has 21 heavy (non-hydrogen) atoms. The van der Waals surface area contributed by atoms with Crippen molar-refractivity contribution in [2.75, 3.05) is 31.6 Å². The van der Waals surface area contributed by atoms with Crippen molar-refractivity contribution in [1.82, 2.24) is 5.32 Å². The van der Waals surface area contributed by atoms with E-state index in [0.717, 1.165) is 24.3 Å². The fraction of sp³-hybridized carbons (Fsp3) is 0.562. The van der Waals surface area contributed by atoms with Crippen LogP contribution in [0, 0.1) is 12.8 Å². The first kappa shape index (κ1) is 18.0. The van der Waals surface area contributed by atoms with Crippen molar-refractivity contribution in [2.45, 2.75) is 27.2 Å². The third-order valence-corrected chi connectivity index (χ3v) is 3.26. The second-order valence-corrected chi connectivity index (χ2v) is 5.92. The molecule has 0 fully saturated rings. The summed E-state index contributed by atoms with van der Waals surface area (Å²) in [6, 6.07) is 5.44. The summed E-state index contributed by atoms with van der Waals surface area (Å²) in [6.07, 6.45) is 1.06. The van der Waals surface area contributed by atoms with E-state index in [1.165, 1.54) is 0 Å². The van der Waals surface area contributed by atoms with Crippen LogP contribution in [0.4, 0.5) is 5.69 Å². The van der Waals surface area contributed by atoms with Gasteiger partial charge >= 0.3 is 0 Å². The highest BCUT2D eigenvalue weighted by Crippen LogP contribution is 2.19. The normalized spacial score (nSPS) is 10.9. The van der Waals surface area contributed by atoms with Crippen molar-refractivity contribution >= 4 is 23.2 Å². The number of nitrogens with one attached hydrogen (secondary N) is 2. The smallest absolute Gasteiger partial charge is 0.238 e.